The molecule has 0 aliphatic carbocycles. The van der Waals surface area contributed by atoms with Gasteiger partial charge >= 0.3 is 6.09 Å². The fourth-order valence-corrected chi connectivity index (χ4v) is 4.27. The highest BCUT2D eigenvalue weighted by atomic mass is 16.6. The molecule has 1 spiro atoms. The first-order chi connectivity index (χ1) is 15.9. The summed E-state index contributed by atoms with van der Waals surface area (Å²) < 4.78 is 16.2. The van der Waals surface area contributed by atoms with Gasteiger partial charge in [-0.3, -0.25) is 14.9 Å². The van der Waals surface area contributed by atoms with Gasteiger partial charge in [0.25, 0.3) is 0 Å². The summed E-state index contributed by atoms with van der Waals surface area (Å²) in [6.07, 6.45) is 0.656. The molecule has 0 saturated carbocycles. The van der Waals surface area contributed by atoms with Crippen LogP contribution in [0.25, 0.3) is 0 Å². The number of benzene rings is 2. The predicted molar refractivity (Wildman–Crippen MR) is 121 cm³/mol. The lowest BCUT2D eigenvalue weighted by molar-refractivity contribution is -0.137. The van der Waals surface area contributed by atoms with Crippen LogP contribution in [0.5, 0.6) is 11.5 Å². The zero-order valence-corrected chi connectivity index (χ0v) is 18.7. The highest BCUT2D eigenvalue weighted by Crippen LogP contribution is 2.44. The molecule has 9 nitrogen and oxygen atoms in total. The van der Waals surface area contributed by atoms with Crippen LogP contribution >= 0.6 is 0 Å². The normalized spacial score (nSPS) is 16.3. The van der Waals surface area contributed by atoms with Crippen molar-refractivity contribution < 1.29 is 28.6 Å². The Morgan fingerprint density at radius 1 is 1.03 bits per heavy atom. The van der Waals surface area contributed by atoms with E-state index < -0.39 is 11.7 Å². The van der Waals surface area contributed by atoms with E-state index in [1.165, 1.54) is 0 Å². The predicted octanol–water partition coefficient (Wildman–Crippen LogP) is 3.50. The van der Waals surface area contributed by atoms with Crippen molar-refractivity contribution >= 4 is 29.3 Å². The molecular weight excluding hydrogens is 426 g/mol. The van der Waals surface area contributed by atoms with Crippen LogP contribution < -0.4 is 20.1 Å². The van der Waals surface area contributed by atoms with Crippen molar-refractivity contribution in [2.24, 2.45) is 0 Å². The Labute approximate surface area is 192 Å². The maximum absolute atomic E-state index is 12.7. The van der Waals surface area contributed by atoms with Gasteiger partial charge < -0.3 is 24.4 Å². The lowest BCUT2D eigenvalue weighted by Crippen LogP contribution is -2.49. The number of amides is 3. The summed E-state index contributed by atoms with van der Waals surface area (Å²) in [5.41, 5.74) is 1.40. The first kappa shape index (κ1) is 22.4. The third-order valence-electron chi connectivity index (χ3n) is 6.11. The number of nitrogens with one attached hydrogen (secondary N) is 2. The van der Waals surface area contributed by atoms with Crippen molar-refractivity contribution in [3.05, 3.63) is 48.0 Å². The van der Waals surface area contributed by atoms with E-state index in [0.717, 1.165) is 5.56 Å². The molecule has 9 heteroatoms. The number of methoxy groups -OCH3 is 2. The van der Waals surface area contributed by atoms with Gasteiger partial charge in [-0.1, -0.05) is 0 Å². The van der Waals surface area contributed by atoms with E-state index >= 15 is 0 Å². The fraction of sp³-hybridized carbons (Fsp3) is 0.375. The number of anilines is 2. The third kappa shape index (κ3) is 4.87. The summed E-state index contributed by atoms with van der Waals surface area (Å²) in [5.74, 6) is 1.05. The van der Waals surface area contributed by atoms with Gasteiger partial charge in [0.05, 0.1) is 19.9 Å². The Hall–Kier alpha value is -3.75. The van der Waals surface area contributed by atoms with E-state index in [1.54, 1.807) is 55.5 Å². The van der Waals surface area contributed by atoms with Crippen LogP contribution in [0, 0.1) is 0 Å². The largest absolute Gasteiger partial charge is 0.497 e. The Bertz CT molecular complexity index is 1040. The second kappa shape index (κ2) is 9.40. The van der Waals surface area contributed by atoms with Crippen molar-refractivity contribution in [1.29, 1.82) is 0 Å². The number of likely N-dealkylation sites (tertiary alicyclic amines) is 1. The van der Waals surface area contributed by atoms with Gasteiger partial charge in [0.2, 0.25) is 11.8 Å². The number of piperidine rings is 1. The lowest BCUT2D eigenvalue weighted by Gasteiger charge is -2.44. The van der Waals surface area contributed by atoms with Crippen molar-refractivity contribution in [2.75, 3.05) is 37.9 Å². The smallest absolute Gasteiger partial charge is 0.412 e. The van der Waals surface area contributed by atoms with Crippen molar-refractivity contribution in [3.8, 4) is 11.5 Å². The molecule has 0 aromatic heterocycles. The maximum Gasteiger partial charge on any atom is 0.412 e. The molecule has 2 aliphatic rings. The number of fused-ring (bicyclic) bond motifs is 2. The minimum Gasteiger partial charge on any atom is -0.497 e. The molecule has 2 aromatic carbocycles. The molecule has 0 atom stereocenters. The van der Waals surface area contributed by atoms with E-state index in [-0.39, 0.29) is 24.7 Å². The van der Waals surface area contributed by atoms with Crippen LogP contribution in [0.1, 0.15) is 31.2 Å². The Morgan fingerprint density at radius 3 is 2.36 bits per heavy atom. The number of nitrogens with zero attached hydrogens (tertiary/aromatic N) is 1. The highest BCUT2D eigenvalue weighted by Gasteiger charge is 2.45. The van der Waals surface area contributed by atoms with E-state index in [2.05, 4.69) is 10.6 Å². The molecule has 2 aliphatic heterocycles. The summed E-state index contributed by atoms with van der Waals surface area (Å²) in [6, 6.07) is 12.5. The summed E-state index contributed by atoms with van der Waals surface area (Å²) in [5, 5.41) is 5.51. The zero-order valence-electron chi connectivity index (χ0n) is 18.7. The van der Waals surface area contributed by atoms with E-state index in [1.807, 2.05) is 6.07 Å². The maximum atomic E-state index is 12.7. The monoisotopic (exact) mass is 453 g/mol. The summed E-state index contributed by atoms with van der Waals surface area (Å²) in [7, 11) is 3.16. The molecule has 2 heterocycles. The minimum atomic E-state index is -0.797. The van der Waals surface area contributed by atoms with Gasteiger partial charge in [-0.15, -0.1) is 0 Å². The first-order valence-electron chi connectivity index (χ1n) is 10.8. The van der Waals surface area contributed by atoms with Crippen molar-refractivity contribution in [1.82, 2.24) is 4.90 Å². The molecule has 3 amide bonds. The molecule has 2 aromatic rings. The van der Waals surface area contributed by atoms with Gasteiger partial charge in [0.1, 0.15) is 17.1 Å². The molecule has 0 unspecified atom stereocenters. The van der Waals surface area contributed by atoms with Crippen LogP contribution in [-0.2, 0) is 19.9 Å². The summed E-state index contributed by atoms with van der Waals surface area (Å²) >= 11 is 0. The number of carbonyl (C=O) groups is 3. The van der Waals surface area contributed by atoms with E-state index in [4.69, 9.17) is 14.2 Å². The van der Waals surface area contributed by atoms with Crippen LogP contribution in [0.2, 0.25) is 0 Å². The number of ether oxygens (including phenoxy) is 3. The van der Waals surface area contributed by atoms with Crippen molar-refractivity contribution in [2.45, 2.75) is 31.3 Å². The highest BCUT2D eigenvalue weighted by molar-refractivity contribution is 5.93. The second-order valence-corrected chi connectivity index (χ2v) is 8.08. The summed E-state index contributed by atoms with van der Waals surface area (Å²) in [6.45, 7) is 0.867. The SMILES string of the molecule is COc1ccc(NC(=O)CCC(=O)N2CCC3(CC2)OC(=O)Nc2ccc(OC)cc23)cc1. The topological polar surface area (TPSA) is 106 Å². The molecule has 0 radical (unpaired) electrons. The molecule has 0 bridgehead atoms. The van der Waals surface area contributed by atoms with Crippen molar-refractivity contribution in [3.63, 3.8) is 0 Å². The van der Waals surface area contributed by atoms with Gasteiger partial charge in [-0.25, -0.2) is 4.79 Å². The Morgan fingerprint density at radius 2 is 1.70 bits per heavy atom. The molecule has 4 rings (SSSR count). The molecule has 1 saturated heterocycles. The van der Waals surface area contributed by atoms with Crippen LogP contribution in [-0.4, -0.2) is 50.1 Å². The molecule has 33 heavy (non-hydrogen) atoms. The zero-order chi connectivity index (χ0) is 23.4. The number of hydrogen-bond acceptors (Lipinski definition) is 6. The van der Waals surface area contributed by atoms with Gasteiger partial charge in [-0.2, -0.15) is 0 Å². The minimum absolute atomic E-state index is 0.0887. The molecule has 1 fully saturated rings. The third-order valence-corrected chi connectivity index (χ3v) is 6.11. The first-order valence-corrected chi connectivity index (χ1v) is 10.8. The molecule has 174 valence electrons. The second-order valence-electron chi connectivity index (χ2n) is 8.08. The standard InChI is InChI=1S/C24H27N3O6/c1-31-17-5-3-16(4-6-17)25-21(28)9-10-22(29)27-13-11-24(12-14-27)19-15-18(32-2)7-8-20(19)26-23(30)33-24/h3-8,15H,9-14H2,1-2H3,(H,25,28)(H,26,30). The van der Waals surface area contributed by atoms with Gasteiger partial charge in [-0.05, 0) is 42.5 Å². The van der Waals surface area contributed by atoms with Gasteiger partial charge in [0.15, 0.2) is 0 Å². The van der Waals surface area contributed by atoms with E-state index in [9.17, 15) is 14.4 Å². The average molecular weight is 453 g/mol. The molecular formula is C24H27N3O6. The van der Waals surface area contributed by atoms with Crippen LogP contribution in [0.15, 0.2) is 42.5 Å². The Balaban J connectivity index is 1.33. The van der Waals surface area contributed by atoms with Gasteiger partial charge in [0, 0.05) is 50.0 Å². The quantitative estimate of drug-likeness (QED) is 0.693. The molecule has 2 N–H and O–H groups in total. The lowest BCUT2D eigenvalue weighted by atomic mass is 9.82. The Kier molecular flexibility index (Phi) is 6.39. The number of rotatable bonds is 6. The number of carbonyl (C=O) groups excluding carboxylic acids is 3. The number of hydrogen-bond donors (Lipinski definition) is 2. The van der Waals surface area contributed by atoms with E-state index in [0.29, 0.717) is 48.8 Å². The fourth-order valence-electron chi connectivity index (χ4n) is 4.27. The van der Waals surface area contributed by atoms with Crippen LogP contribution in [0.4, 0.5) is 16.2 Å². The summed E-state index contributed by atoms with van der Waals surface area (Å²) in [4.78, 5) is 38.8. The van der Waals surface area contributed by atoms with Crippen LogP contribution in [0.3, 0.4) is 0 Å². The average Bonchev–Trinajstić information content (AvgIpc) is 2.83.